The Morgan fingerprint density at radius 3 is 2.94 bits per heavy atom. The van der Waals surface area contributed by atoms with Crippen LogP contribution in [-0.4, -0.2) is 16.9 Å². The maximum atomic E-state index is 11.4. The first-order chi connectivity index (χ1) is 7.61. The molecule has 86 valence electrons. The first-order valence-corrected chi connectivity index (χ1v) is 6.80. The van der Waals surface area contributed by atoms with Crippen molar-refractivity contribution in [3.63, 3.8) is 0 Å². The van der Waals surface area contributed by atoms with Crippen molar-refractivity contribution < 1.29 is 4.79 Å². The molecule has 1 N–H and O–H groups in total. The van der Waals surface area contributed by atoms with Crippen LogP contribution in [0.1, 0.15) is 31.4 Å². The van der Waals surface area contributed by atoms with E-state index in [1.807, 2.05) is 6.07 Å². The molecule has 2 rings (SSSR count). The largest absolute Gasteiger partial charge is 0.353 e. The molecule has 1 aromatic heterocycles. The van der Waals surface area contributed by atoms with E-state index < -0.39 is 0 Å². The van der Waals surface area contributed by atoms with Gasteiger partial charge in [-0.1, -0.05) is 6.92 Å². The summed E-state index contributed by atoms with van der Waals surface area (Å²) in [6.07, 6.45) is 3.24. The third-order valence-electron chi connectivity index (χ3n) is 2.86. The van der Waals surface area contributed by atoms with Crippen LogP contribution in [-0.2, 0) is 4.79 Å². The Morgan fingerprint density at radius 2 is 2.31 bits per heavy atom. The highest BCUT2D eigenvalue weighted by atomic mass is 79.9. The van der Waals surface area contributed by atoms with E-state index in [-0.39, 0.29) is 17.9 Å². The Bertz CT molecular complexity index is 422. The highest BCUT2D eigenvalue weighted by Gasteiger charge is 2.34. The minimum Gasteiger partial charge on any atom is -0.353 e. The lowest BCUT2D eigenvalue weighted by Crippen LogP contribution is -2.27. The molecule has 1 fully saturated rings. The van der Waals surface area contributed by atoms with Gasteiger partial charge in [-0.15, -0.1) is 0 Å². The molecule has 16 heavy (non-hydrogen) atoms. The van der Waals surface area contributed by atoms with Gasteiger partial charge in [0.05, 0.1) is 5.69 Å². The van der Waals surface area contributed by atoms with Crippen LogP contribution < -0.4 is 5.32 Å². The SMILES string of the molecule is CCC1NC(=O)CC1c1ncc(Br)cc1Br. The summed E-state index contributed by atoms with van der Waals surface area (Å²) in [6.45, 7) is 2.08. The normalized spacial score (nSPS) is 24.6. The zero-order valence-electron chi connectivity index (χ0n) is 8.84. The lowest BCUT2D eigenvalue weighted by atomic mass is 9.94. The van der Waals surface area contributed by atoms with Gasteiger partial charge in [0.2, 0.25) is 5.91 Å². The molecule has 1 aromatic rings. The summed E-state index contributed by atoms with van der Waals surface area (Å²) in [6, 6.07) is 2.18. The molecular weight excluding hydrogens is 336 g/mol. The number of halogens is 2. The fourth-order valence-electron chi connectivity index (χ4n) is 2.08. The number of rotatable bonds is 2. The number of carbonyl (C=O) groups excluding carboxylic acids is 1. The first kappa shape index (κ1) is 12.0. The van der Waals surface area contributed by atoms with Gasteiger partial charge >= 0.3 is 0 Å². The average Bonchev–Trinajstić information content (AvgIpc) is 2.59. The topological polar surface area (TPSA) is 42.0 Å². The van der Waals surface area contributed by atoms with Crippen molar-refractivity contribution in [2.45, 2.75) is 31.7 Å². The highest BCUT2D eigenvalue weighted by molar-refractivity contribution is 9.11. The van der Waals surface area contributed by atoms with Crippen LogP contribution in [0.2, 0.25) is 0 Å². The second-order valence-corrected chi connectivity index (χ2v) is 5.68. The van der Waals surface area contributed by atoms with E-state index >= 15 is 0 Å². The summed E-state index contributed by atoms with van der Waals surface area (Å²) >= 11 is 6.88. The summed E-state index contributed by atoms with van der Waals surface area (Å²) in [4.78, 5) is 15.8. The van der Waals surface area contributed by atoms with Crippen LogP contribution >= 0.6 is 31.9 Å². The average molecular weight is 348 g/mol. The van der Waals surface area contributed by atoms with Crippen molar-refractivity contribution in [1.82, 2.24) is 10.3 Å². The number of aromatic nitrogens is 1. The van der Waals surface area contributed by atoms with Crippen LogP contribution in [0.3, 0.4) is 0 Å². The molecule has 1 aliphatic heterocycles. The van der Waals surface area contributed by atoms with Gasteiger partial charge < -0.3 is 5.32 Å². The molecule has 5 heteroatoms. The number of hydrogen-bond donors (Lipinski definition) is 1. The standard InChI is InChI=1S/C11H12Br2N2O/c1-2-9-7(4-10(16)15-9)11-8(13)3-6(12)5-14-11/h3,5,7,9H,2,4H2,1H3,(H,15,16). The summed E-state index contributed by atoms with van der Waals surface area (Å²) in [5, 5.41) is 2.98. The van der Waals surface area contributed by atoms with Crippen molar-refractivity contribution in [3.05, 3.63) is 26.9 Å². The van der Waals surface area contributed by atoms with E-state index in [9.17, 15) is 4.79 Å². The van der Waals surface area contributed by atoms with Crippen molar-refractivity contribution >= 4 is 37.8 Å². The van der Waals surface area contributed by atoms with Crippen LogP contribution in [0.25, 0.3) is 0 Å². The van der Waals surface area contributed by atoms with E-state index in [0.29, 0.717) is 6.42 Å². The molecule has 1 saturated heterocycles. The van der Waals surface area contributed by atoms with E-state index in [0.717, 1.165) is 21.1 Å². The number of nitrogens with zero attached hydrogens (tertiary/aromatic N) is 1. The van der Waals surface area contributed by atoms with Gasteiger partial charge in [0.1, 0.15) is 0 Å². The number of pyridine rings is 1. The molecule has 1 aliphatic rings. The summed E-state index contributed by atoms with van der Waals surface area (Å²) < 4.78 is 1.90. The van der Waals surface area contributed by atoms with Crippen LogP contribution in [0, 0.1) is 0 Å². The van der Waals surface area contributed by atoms with Gasteiger partial charge in [-0.05, 0) is 44.3 Å². The van der Waals surface area contributed by atoms with Crippen molar-refractivity contribution in [2.75, 3.05) is 0 Å². The smallest absolute Gasteiger partial charge is 0.220 e. The first-order valence-electron chi connectivity index (χ1n) is 5.22. The van der Waals surface area contributed by atoms with Gasteiger partial charge in [-0.3, -0.25) is 9.78 Å². The van der Waals surface area contributed by atoms with Gasteiger partial charge in [0.15, 0.2) is 0 Å². The number of carbonyl (C=O) groups is 1. The zero-order chi connectivity index (χ0) is 11.7. The van der Waals surface area contributed by atoms with Crippen LogP contribution in [0.5, 0.6) is 0 Å². The van der Waals surface area contributed by atoms with Crippen molar-refractivity contribution in [2.24, 2.45) is 0 Å². The van der Waals surface area contributed by atoms with E-state index in [1.165, 1.54) is 0 Å². The summed E-state index contributed by atoms with van der Waals surface area (Å²) in [7, 11) is 0. The molecule has 0 radical (unpaired) electrons. The summed E-state index contributed by atoms with van der Waals surface area (Å²) in [5.41, 5.74) is 0.966. The lowest BCUT2D eigenvalue weighted by molar-refractivity contribution is -0.119. The Labute approximate surface area is 111 Å². The fraction of sp³-hybridized carbons (Fsp3) is 0.455. The molecule has 0 spiro atoms. The van der Waals surface area contributed by atoms with E-state index in [2.05, 4.69) is 49.1 Å². The molecular formula is C11H12Br2N2O. The van der Waals surface area contributed by atoms with Crippen LogP contribution in [0.15, 0.2) is 21.2 Å². The Hall–Kier alpha value is -0.420. The molecule has 2 heterocycles. The van der Waals surface area contributed by atoms with Crippen molar-refractivity contribution in [3.8, 4) is 0 Å². The molecule has 0 saturated carbocycles. The Morgan fingerprint density at radius 1 is 1.56 bits per heavy atom. The van der Waals surface area contributed by atoms with Gasteiger partial charge in [0, 0.05) is 33.5 Å². The van der Waals surface area contributed by atoms with E-state index in [4.69, 9.17) is 0 Å². The maximum Gasteiger partial charge on any atom is 0.220 e. The molecule has 0 aliphatic carbocycles. The van der Waals surface area contributed by atoms with Gasteiger partial charge in [-0.2, -0.15) is 0 Å². The molecule has 3 nitrogen and oxygen atoms in total. The third kappa shape index (κ3) is 2.30. The number of amides is 1. The molecule has 0 bridgehead atoms. The third-order valence-corrected chi connectivity index (χ3v) is 3.93. The quantitative estimate of drug-likeness (QED) is 0.893. The summed E-state index contributed by atoms with van der Waals surface area (Å²) in [5.74, 6) is 0.299. The molecule has 1 amide bonds. The predicted octanol–water partition coefficient (Wildman–Crippen LogP) is 2.99. The molecule has 2 unspecified atom stereocenters. The Balaban J connectivity index is 2.32. The minimum absolute atomic E-state index is 0.119. The van der Waals surface area contributed by atoms with Gasteiger partial charge in [0.25, 0.3) is 0 Å². The maximum absolute atomic E-state index is 11.4. The second kappa shape index (κ2) is 4.84. The molecule has 2 atom stereocenters. The molecule has 0 aromatic carbocycles. The van der Waals surface area contributed by atoms with E-state index in [1.54, 1.807) is 6.20 Å². The van der Waals surface area contributed by atoms with Crippen molar-refractivity contribution in [1.29, 1.82) is 0 Å². The number of nitrogens with one attached hydrogen (secondary N) is 1. The predicted molar refractivity (Wildman–Crippen MR) is 69.2 cm³/mol. The zero-order valence-corrected chi connectivity index (χ0v) is 12.0. The number of hydrogen-bond acceptors (Lipinski definition) is 2. The second-order valence-electron chi connectivity index (χ2n) is 3.91. The highest BCUT2D eigenvalue weighted by Crippen LogP contribution is 2.34. The lowest BCUT2D eigenvalue weighted by Gasteiger charge is -2.17. The van der Waals surface area contributed by atoms with Crippen LogP contribution in [0.4, 0.5) is 0 Å². The Kier molecular flexibility index (Phi) is 3.64. The fourth-order valence-corrected chi connectivity index (χ4v) is 3.36. The monoisotopic (exact) mass is 346 g/mol. The van der Waals surface area contributed by atoms with Gasteiger partial charge in [-0.25, -0.2) is 0 Å². The minimum atomic E-state index is 0.119.